The number of hydrogen-bond donors (Lipinski definition) is 1. The number of benzene rings is 2. The van der Waals surface area contributed by atoms with Crippen molar-refractivity contribution < 1.29 is 135 Å². The van der Waals surface area contributed by atoms with Crippen LogP contribution in [0.2, 0.25) is 0 Å². The number of hydrogen-bond acceptors (Lipinski definition) is 5. The van der Waals surface area contributed by atoms with E-state index in [1.807, 2.05) is 0 Å². The van der Waals surface area contributed by atoms with Gasteiger partial charge in [0.15, 0.2) is 0 Å². The molecule has 0 aromatic heterocycles. The van der Waals surface area contributed by atoms with E-state index < -0.39 is 23.7 Å². The van der Waals surface area contributed by atoms with Crippen LogP contribution >= 0.6 is 11.8 Å². The van der Waals surface area contributed by atoms with E-state index in [-0.39, 0.29) is 108 Å². The second kappa shape index (κ2) is 13.1. The molecule has 11 heteroatoms. The third-order valence-corrected chi connectivity index (χ3v) is 3.41. The van der Waals surface area contributed by atoms with Crippen molar-refractivity contribution >= 4 is 23.6 Å². The van der Waals surface area contributed by atoms with Gasteiger partial charge in [0.25, 0.3) is 0 Å². The first-order valence-corrected chi connectivity index (χ1v) is 6.69. The minimum atomic E-state index is -4.57. The van der Waals surface area contributed by atoms with Gasteiger partial charge in [0, 0.05) is 15.5 Å². The van der Waals surface area contributed by atoms with Crippen molar-refractivity contribution in [1.29, 1.82) is 0 Å². The van der Waals surface area contributed by atoms with E-state index in [9.17, 15) is 17.6 Å². The molecule has 0 bridgehead atoms. The standard InChI is InChI=1S/C13H9F4NS.CH2O3.2K/c14-9-5-8(13(15,16)17)6-10(7-9)19-12-4-2-1-3-11(12)18;2-1(3)4;;/h1-7H,18H2;(H2,2,3,4);;/q;;2*+1/p-2. The van der Waals surface area contributed by atoms with Crippen LogP contribution in [0.1, 0.15) is 5.56 Å². The van der Waals surface area contributed by atoms with Gasteiger partial charge < -0.3 is 20.7 Å². The van der Waals surface area contributed by atoms with Crippen LogP contribution in [-0.2, 0) is 6.18 Å². The van der Waals surface area contributed by atoms with E-state index in [0.29, 0.717) is 16.6 Å². The van der Waals surface area contributed by atoms with Gasteiger partial charge in [0.1, 0.15) is 5.82 Å². The average Bonchev–Trinajstić information content (AvgIpc) is 2.39. The maximum atomic E-state index is 13.2. The Kier molecular flexibility index (Phi) is 14.7. The summed E-state index contributed by atoms with van der Waals surface area (Å²) in [6, 6.07) is 9.14. The third kappa shape index (κ3) is 11.3. The second-order valence-electron chi connectivity index (χ2n) is 4.06. The number of alkyl halides is 3. The van der Waals surface area contributed by atoms with Crippen LogP contribution in [-0.4, -0.2) is 6.16 Å². The summed E-state index contributed by atoms with van der Waals surface area (Å²) in [7, 11) is 0. The summed E-state index contributed by atoms with van der Waals surface area (Å²) in [6.45, 7) is 0. The van der Waals surface area contributed by atoms with Gasteiger partial charge in [0.05, 0.1) is 5.56 Å². The van der Waals surface area contributed by atoms with Crippen LogP contribution < -0.4 is 119 Å². The second-order valence-corrected chi connectivity index (χ2v) is 5.18. The molecule has 2 N–H and O–H groups in total. The molecule has 0 aliphatic rings. The van der Waals surface area contributed by atoms with E-state index in [2.05, 4.69) is 0 Å². The number of para-hydroxylation sites is 1. The Morgan fingerprint density at radius 3 is 2.04 bits per heavy atom. The number of carbonyl (C=O) groups excluding carboxylic acids is 1. The Labute approximate surface area is 230 Å². The van der Waals surface area contributed by atoms with Crippen molar-refractivity contribution in [2.24, 2.45) is 0 Å². The van der Waals surface area contributed by atoms with Gasteiger partial charge in [-0.15, -0.1) is 0 Å². The van der Waals surface area contributed by atoms with Gasteiger partial charge in [-0.25, -0.2) is 4.39 Å². The maximum Gasteiger partial charge on any atom is 1.00 e. The van der Waals surface area contributed by atoms with Gasteiger partial charge in [0.2, 0.25) is 0 Å². The summed E-state index contributed by atoms with van der Waals surface area (Å²) >= 11 is 0.994. The smallest absolute Gasteiger partial charge is 0.652 e. The molecule has 0 aliphatic heterocycles. The van der Waals surface area contributed by atoms with Crippen molar-refractivity contribution in [3.05, 3.63) is 53.8 Å². The molecule has 0 aliphatic carbocycles. The zero-order valence-corrected chi connectivity index (χ0v) is 20.3. The molecule has 0 heterocycles. The Bertz CT molecular complexity index is 698. The molecule has 0 fully saturated rings. The third-order valence-electron chi connectivity index (χ3n) is 2.35. The number of halogens is 4. The molecule has 2 rings (SSSR count). The van der Waals surface area contributed by atoms with Gasteiger partial charge >= 0.3 is 109 Å². The fourth-order valence-corrected chi connectivity index (χ4v) is 2.43. The fraction of sp³-hybridized carbons (Fsp3) is 0.0714. The van der Waals surface area contributed by atoms with Crippen molar-refractivity contribution in [3.8, 4) is 0 Å². The molecule has 0 amide bonds. The zero-order chi connectivity index (χ0) is 17.6. The SMILES string of the molecule is Nc1ccccc1Sc1cc(F)cc(C(F)(F)F)c1.O=C([O-])[O-].[K+].[K+]. The number of nitrogen functional groups attached to an aromatic ring is 1. The average molecular weight is 425 g/mol. The molecular formula is C14H9F4K2NO3S. The topological polar surface area (TPSA) is 89.2 Å². The van der Waals surface area contributed by atoms with Crippen LogP contribution in [0.15, 0.2) is 52.3 Å². The van der Waals surface area contributed by atoms with Gasteiger partial charge in [-0.1, -0.05) is 23.9 Å². The first-order chi connectivity index (χ1) is 10.6. The quantitative estimate of drug-likeness (QED) is 0.302. The van der Waals surface area contributed by atoms with E-state index >= 15 is 0 Å². The number of carbonyl (C=O) groups is 1. The van der Waals surface area contributed by atoms with Crippen molar-refractivity contribution in [3.63, 3.8) is 0 Å². The molecule has 0 atom stereocenters. The van der Waals surface area contributed by atoms with Crippen LogP contribution in [0.5, 0.6) is 0 Å². The van der Waals surface area contributed by atoms with Crippen LogP contribution in [0.4, 0.5) is 28.0 Å². The molecule has 0 spiro atoms. The normalized spacial score (nSPS) is 9.76. The summed E-state index contributed by atoms with van der Waals surface area (Å²) < 4.78 is 50.9. The van der Waals surface area contributed by atoms with Crippen LogP contribution in [0.3, 0.4) is 0 Å². The first kappa shape index (κ1) is 28.1. The summed E-state index contributed by atoms with van der Waals surface area (Å²) in [5, 5.41) is 16.7. The maximum absolute atomic E-state index is 13.2. The molecule has 0 radical (unpaired) electrons. The van der Waals surface area contributed by atoms with Gasteiger partial charge in [-0.2, -0.15) is 13.2 Å². The van der Waals surface area contributed by atoms with Crippen molar-refractivity contribution in [2.45, 2.75) is 16.0 Å². The van der Waals surface area contributed by atoms with Crippen LogP contribution in [0, 0.1) is 5.82 Å². The van der Waals surface area contributed by atoms with Crippen molar-refractivity contribution in [1.82, 2.24) is 0 Å². The Balaban J connectivity index is 0. The van der Waals surface area contributed by atoms with E-state index in [0.717, 1.165) is 23.9 Å². The number of carboxylic acid groups (broad SMARTS) is 2. The summed E-state index contributed by atoms with van der Waals surface area (Å²) in [5.41, 5.74) is 5.12. The predicted octanol–water partition coefficient (Wildman–Crippen LogP) is -3.86. The Morgan fingerprint density at radius 2 is 1.56 bits per heavy atom. The van der Waals surface area contributed by atoms with Gasteiger partial charge in [-0.3, -0.25) is 0 Å². The molecule has 124 valence electrons. The Hall–Kier alpha value is 0.853. The number of anilines is 1. The predicted molar refractivity (Wildman–Crippen MR) is 71.8 cm³/mol. The molecule has 0 saturated carbocycles. The van der Waals surface area contributed by atoms with E-state index in [4.69, 9.17) is 20.7 Å². The summed E-state index contributed by atoms with van der Waals surface area (Å²) in [4.78, 5) is 9.08. The minimum absolute atomic E-state index is 0. The molecule has 4 nitrogen and oxygen atoms in total. The molecule has 0 unspecified atom stereocenters. The summed E-state index contributed by atoms with van der Waals surface area (Å²) in [6.07, 6.45) is -6.90. The molecular weight excluding hydrogens is 416 g/mol. The van der Waals surface area contributed by atoms with Crippen molar-refractivity contribution in [2.75, 3.05) is 5.73 Å². The minimum Gasteiger partial charge on any atom is -0.652 e. The number of rotatable bonds is 2. The molecule has 2 aromatic carbocycles. The fourth-order valence-electron chi connectivity index (χ4n) is 1.49. The zero-order valence-electron chi connectivity index (χ0n) is 13.3. The molecule has 0 saturated heterocycles. The first-order valence-electron chi connectivity index (χ1n) is 5.87. The van der Waals surface area contributed by atoms with Gasteiger partial charge in [-0.05, 0) is 36.5 Å². The monoisotopic (exact) mass is 425 g/mol. The Morgan fingerprint density at radius 1 is 1.04 bits per heavy atom. The van der Waals surface area contributed by atoms with Crippen LogP contribution in [0.25, 0.3) is 0 Å². The summed E-state index contributed by atoms with van der Waals surface area (Å²) in [5.74, 6) is -0.924. The largest absolute Gasteiger partial charge is 1.00 e. The molecule has 25 heavy (non-hydrogen) atoms. The number of nitrogens with two attached hydrogens (primary N) is 1. The molecule has 2 aromatic rings. The van der Waals surface area contributed by atoms with E-state index in [1.54, 1.807) is 24.3 Å². The van der Waals surface area contributed by atoms with E-state index in [1.165, 1.54) is 0 Å².